The first-order chi connectivity index (χ1) is 8.63. The predicted molar refractivity (Wildman–Crippen MR) is 75.4 cm³/mol. The number of halogens is 1. The van der Waals surface area contributed by atoms with Crippen molar-refractivity contribution in [2.75, 3.05) is 7.11 Å². The van der Waals surface area contributed by atoms with Crippen LogP contribution in [-0.2, 0) is 11.3 Å². The standard InChI is InChI=1S/C12H11IN2O3/c1-18-6-7-4-2-3-5-8(7)10-14-11(16)9(13)12(17)15-10/h2-5H,6H2,1H3,(H2,14,15,16,17). The molecule has 0 amide bonds. The number of rotatable bonds is 3. The zero-order valence-corrected chi connectivity index (χ0v) is 11.8. The molecule has 0 fully saturated rings. The molecule has 0 bridgehead atoms. The molecule has 0 aliphatic carbocycles. The summed E-state index contributed by atoms with van der Waals surface area (Å²) < 4.78 is 5.27. The average Bonchev–Trinajstić information content (AvgIpc) is 2.36. The van der Waals surface area contributed by atoms with E-state index in [1.54, 1.807) is 29.7 Å². The molecule has 0 atom stereocenters. The molecule has 2 aromatic rings. The predicted octanol–water partition coefficient (Wildman–Crippen LogP) is 1.89. The molecule has 2 rings (SSSR count). The second-order valence-corrected chi connectivity index (χ2v) is 4.72. The summed E-state index contributed by atoms with van der Waals surface area (Å²) >= 11 is 1.75. The zero-order valence-electron chi connectivity index (χ0n) is 9.61. The van der Waals surface area contributed by atoms with Crippen molar-refractivity contribution < 1.29 is 9.84 Å². The van der Waals surface area contributed by atoms with Crippen LogP contribution in [0.1, 0.15) is 5.56 Å². The smallest absolute Gasteiger partial charge is 0.268 e. The summed E-state index contributed by atoms with van der Waals surface area (Å²) in [5.74, 6) is 0.0761. The molecule has 1 heterocycles. The number of nitrogens with one attached hydrogen (secondary N) is 1. The topological polar surface area (TPSA) is 75.2 Å². The van der Waals surface area contributed by atoms with Crippen LogP contribution >= 0.6 is 22.6 Å². The van der Waals surface area contributed by atoms with Gasteiger partial charge in [0, 0.05) is 12.7 Å². The van der Waals surface area contributed by atoms with Crippen LogP contribution in [0, 0.1) is 3.57 Å². The molecule has 0 radical (unpaired) electrons. The number of hydrogen-bond donors (Lipinski definition) is 2. The summed E-state index contributed by atoms with van der Waals surface area (Å²) in [4.78, 5) is 18.2. The van der Waals surface area contributed by atoms with Crippen molar-refractivity contribution in [1.82, 2.24) is 9.97 Å². The lowest BCUT2D eigenvalue weighted by molar-refractivity contribution is 0.185. The lowest BCUT2D eigenvalue weighted by atomic mass is 10.1. The van der Waals surface area contributed by atoms with Gasteiger partial charge in [-0.1, -0.05) is 24.3 Å². The van der Waals surface area contributed by atoms with Crippen LogP contribution < -0.4 is 5.56 Å². The van der Waals surface area contributed by atoms with Crippen LogP contribution in [-0.4, -0.2) is 22.2 Å². The van der Waals surface area contributed by atoms with Crippen LogP contribution in [0.3, 0.4) is 0 Å². The molecule has 5 nitrogen and oxygen atoms in total. The van der Waals surface area contributed by atoms with E-state index in [4.69, 9.17) is 4.74 Å². The van der Waals surface area contributed by atoms with Crippen LogP contribution in [0.2, 0.25) is 0 Å². The van der Waals surface area contributed by atoms with E-state index in [-0.39, 0.29) is 15.0 Å². The van der Waals surface area contributed by atoms with Crippen molar-refractivity contribution in [2.45, 2.75) is 6.61 Å². The summed E-state index contributed by atoms with van der Waals surface area (Å²) in [5, 5.41) is 9.59. The monoisotopic (exact) mass is 358 g/mol. The molecule has 1 aromatic heterocycles. The number of nitrogens with zero attached hydrogens (tertiary/aromatic N) is 1. The first-order valence-corrected chi connectivity index (χ1v) is 6.27. The number of H-pyrrole nitrogens is 1. The Hall–Kier alpha value is -1.41. The van der Waals surface area contributed by atoms with E-state index in [2.05, 4.69) is 9.97 Å². The Balaban J connectivity index is 2.59. The summed E-state index contributed by atoms with van der Waals surface area (Å²) in [6.07, 6.45) is 0. The third kappa shape index (κ3) is 2.54. The van der Waals surface area contributed by atoms with Gasteiger partial charge >= 0.3 is 0 Å². The Morgan fingerprint density at radius 2 is 2.17 bits per heavy atom. The number of aromatic amines is 1. The third-order valence-electron chi connectivity index (χ3n) is 2.42. The highest BCUT2D eigenvalue weighted by molar-refractivity contribution is 14.1. The van der Waals surface area contributed by atoms with Crippen molar-refractivity contribution in [3.63, 3.8) is 0 Å². The molecular formula is C12H11IN2O3. The molecule has 0 spiro atoms. The Labute approximate surface area is 117 Å². The Kier molecular flexibility index (Phi) is 3.97. The normalized spacial score (nSPS) is 10.6. The maximum absolute atomic E-state index is 11.6. The molecule has 6 heteroatoms. The van der Waals surface area contributed by atoms with Crippen molar-refractivity contribution in [3.05, 3.63) is 43.8 Å². The van der Waals surface area contributed by atoms with Gasteiger partial charge in [-0.15, -0.1) is 0 Å². The first-order valence-electron chi connectivity index (χ1n) is 5.19. The number of hydrogen-bond acceptors (Lipinski definition) is 4. The largest absolute Gasteiger partial charge is 0.492 e. The van der Waals surface area contributed by atoms with Crippen LogP contribution in [0.5, 0.6) is 5.88 Å². The van der Waals surface area contributed by atoms with Gasteiger partial charge < -0.3 is 14.8 Å². The van der Waals surface area contributed by atoms with Gasteiger partial charge in [0.15, 0.2) is 0 Å². The fourth-order valence-corrected chi connectivity index (χ4v) is 1.86. The third-order valence-corrected chi connectivity index (χ3v) is 3.39. The highest BCUT2D eigenvalue weighted by atomic mass is 127. The lowest BCUT2D eigenvalue weighted by Gasteiger charge is -2.08. The molecule has 94 valence electrons. The fourth-order valence-electron chi connectivity index (χ4n) is 1.61. The molecule has 0 unspecified atom stereocenters. The van der Waals surface area contributed by atoms with E-state index in [1.807, 2.05) is 24.3 Å². The van der Waals surface area contributed by atoms with Gasteiger partial charge in [0.1, 0.15) is 9.39 Å². The van der Waals surface area contributed by atoms with Gasteiger partial charge in [-0.2, -0.15) is 4.98 Å². The van der Waals surface area contributed by atoms with Crippen molar-refractivity contribution >= 4 is 22.6 Å². The lowest BCUT2D eigenvalue weighted by Crippen LogP contribution is -2.12. The molecule has 1 aromatic carbocycles. The molecule has 0 aliphatic rings. The molecule has 0 aliphatic heterocycles. The van der Waals surface area contributed by atoms with Crippen LogP contribution in [0.15, 0.2) is 29.1 Å². The fraction of sp³-hybridized carbons (Fsp3) is 0.167. The summed E-state index contributed by atoms with van der Waals surface area (Å²) in [6, 6.07) is 7.42. The van der Waals surface area contributed by atoms with Crippen molar-refractivity contribution in [2.24, 2.45) is 0 Å². The Bertz CT molecular complexity index is 625. The number of methoxy groups -OCH3 is 1. The van der Waals surface area contributed by atoms with E-state index < -0.39 is 0 Å². The minimum Gasteiger partial charge on any atom is -0.492 e. The summed E-state index contributed by atoms with van der Waals surface area (Å²) in [5.41, 5.74) is 1.28. The van der Waals surface area contributed by atoms with Gasteiger partial charge in [0.05, 0.1) is 6.61 Å². The highest BCUT2D eigenvalue weighted by Gasteiger charge is 2.11. The summed E-state index contributed by atoms with van der Waals surface area (Å²) in [7, 11) is 1.60. The van der Waals surface area contributed by atoms with Gasteiger partial charge in [0.25, 0.3) is 5.56 Å². The Morgan fingerprint density at radius 3 is 2.83 bits per heavy atom. The molecule has 0 saturated heterocycles. The molecule has 0 saturated carbocycles. The number of aromatic nitrogens is 2. The maximum Gasteiger partial charge on any atom is 0.268 e. The van der Waals surface area contributed by atoms with Gasteiger partial charge in [-0.3, -0.25) is 4.79 Å². The van der Waals surface area contributed by atoms with E-state index >= 15 is 0 Å². The van der Waals surface area contributed by atoms with Crippen LogP contribution in [0.4, 0.5) is 0 Å². The highest BCUT2D eigenvalue weighted by Crippen LogP contribution is 2.22. The van der Waals surface area contributed by atoms with E-state index in [0.717, 1.165) is 11.1 Å². The second kappa shape index (κ2) is 5.49. The van der Waals surface area contributed by atoms with Crippen molar-refractivity contribution in [3.8, 4) is 17.3 Å². The minimum atomic E-state index is -0.356. The van der Waals surface area contributed by atoms with Crippen molar-refractivity contribution in [1.29, 1.82) is 0 Å². The number of benzene rings is 1. The van der Waals surface area contributed by atoms with Gasteiger partial charge in [0.2, 0.25) is 5.88 Å². The van der Waals surface area contributed by atoms with Gasteiger partial charge in [-0.05, 0) is 28.2 Å². The molecular weight excluding hydrogens is 347 g/mol. The molecule has 2 N–H and O–H groups in total. The zero-order chi connectivity index (χ0) is 13.1. The number of ether oxygens (including phenoxy) is 1. The average molecular weight is 358 g/mol. The maximum atomic E-state index is 11.6. The van der Waals surface area contributed by atoms with E-state index in [1.165, 1.54) is 0 Å². The summed E-state index contributed by atoms with van der Waals surface area (Å²) in [6.45, 7) is 0.409. The van der Waals surface area contributed by atoms with E-state index in [0.29, 0.717) is 12.4 Å². The quantitative estimate of drug-likeness (QED) is 0.822. The van der Waals surface area contributed by atoms with Gasteiger partial charge in [-0.25, -0.2) is 0 Å². The SMILES string of the molecule is COCc1ccccc1-c1nc(O)c(I)c(=O)[nH]1. The first kappa shape index (κ1) is 13.0. The number of aromatic hydroxyl groups is 1. The Morgan fingerprint density at radius 1 is 1.44 bits per heavy atom. The molecule has 18 heavy (non-hydrogen) atoms. The van der Waals surface area contributed by atoms with E-state index in [9.17, 15) is 9.90 Å². The minimum absolute atomic E-state index is 0.181. The van der Waals surface area contributed by atoms with Crippen LogP contribution in [0.25, 0.3) is 11.4 Å². The second-order valence-electron chi connectivity index (χ2n) is 3.64.